The van der Waals surface area contributed by atoms with Gasteiger partial charge in [0.05, 0.1) is 17.9 Å². The molecule has 0 fully saturated rings. The molecule has 2 heterocycles. The minimum atomic E-state index is -0.518. The molecule has 9 heteroatoms. The van der Waals surface area contributed by atoms with Crippen LogP contribution in [0, 0.1) is 0 Å². The number of esters is 1. The van der Waals surface area contributed by atoms with Gasteiger partial charge in [-0.15, -0.1) is 21.5 Å². The zero-order chi connectivity index (χ0) is 26.5. The molecule has 1 aliphatic carbocycles. The predicted molar refractivity (Wildman–Crippen MR) is 152 cm³/mol. The number of aryl methyl sites for hydroxylation is 1. The summed E-state index contributed by atoms with van der Waals surface area (Å²) >= 11 is 2.72. The normalized spacial score (nSPS) is 13.7. The van der Waals surface area contributed by atoms with E-state index in [1.165, 1.54) is 30.2 Å². The van der Waals surface area contributed by atoms with E-state index in [-0.39, 0.29) is 5.91 Å². The molecule has 1 unspecified atom stereocenters. The highest BCUT2D eigenvalue weighted by Crippen LogP contribution is 2.38. The Hall–Kier alpha value is -3.56. The third-order valence-electron chi connectivity index (χ3n) is 6.46. The molecule has 5 rings (SSSR count). The average Bonchev–Trinajstić information content (AvgIpc) is 3.13. The molecular formula is C29H28N4O3S2. The zero-order valence-electron chi connectivity index (χ0n) is 21.3. The number of hydrogen-bond acceptors (Lipinski definition) is 8. The van der Waals surface area contributed by atoms with Crippen molar-refractivity contribution < 1.29 is 14.3 Å². The summed E-state index contributed by atoms with van der Waals surface area (Å²) in [5.41, 5.74) is 4.74. The van der Waals surface area contributed by atoms with Crippen LogP contribution in [0.4, 0.5) is 5.00 Å². The fourth-order valence-electron chi connectivity index (χ4n) is 4.52. The topological polar surface area (TPSA) is 94.1 Å². The van der Waals surface area contributed by atoms with Gasteiger partial charge in [0.15, 0.2) is 0 Å². The third kappa shape index (κ3) is 5.63. The van der Waals surface area contributed by atoms with E-state index in [4.69, 9.17) is 9.72 Å². The molecule has 1 aliphatic rings. The van der Waals surface area contributed by atoms with Crippen molar-refractivity contribution in [2.45, 2.75) is 49.4 Å². The smallest absolute Gasteiger partial charge is 0.341 e. The summed E-state index contributed by atoms with van der Waals surface area (Å²) in [5.74, 6) is -0.634. The molecule has 38 heavy (non-hydrogen) atoms. The first-order valence-electron chi connectivity index (χ1n) is 12.6. The lowest BCUT2D eigenvalue weighted by molar-refractivity contribution is -0.115. The van der Waals surface area contributed by atoms with Crippen molar-refractivity contribution in [3.63, 3.8) is 0 Å². The standard InChI is InChI=1S/C29H28N4O3S2/c1-18(26(34)31-27-23(28(35)36-2)21-16-10-5-11-17-22(21)38-27)37-29-30-24(19-12-6-3-7-13-19)25(32-33-29)20-14-8-4-9-15-20/h3-4,6-9,12-15,18H,5,10-11,16-17H2,1-2H3,(H,31,34). The van der Waals surface area contributed by atoms with Crippen LogP contribution in [0.5, 0.6) is 0 Å². The predicted octanol–water partition coefficient (Wildman–Crippen LogP) is 6.44. The summed E-state index contributed by atoms with van der Waals surface area (Å²) in [7, 11) is 1.38. The van der Waals surface area contributed by atoms with E-state index in [1.807, 2.05) is 60.7 Å². The van der Waals surface area contributed by atoms with Crippen LogP contribution < -0.4 is 5.32 Å². The number of carbonyl (C=O) groups excluding carboxylic acids is 2. The molecule has 7 nitrogen and oxygen atoms in total. The van der Waals surface area contributed by atoms with Gasteiger partial charge in [-0.1, -0.05) is 78.8 Å². The molecule has 0 radical (unpaired) electrons. The monoisotopic (exact) mass is 544 g/mol. The van der Waals surface area contributed by atoms with Gasteiger partial charge >= 0.3 is 5.97 Å². The Morgan fingerprint density at radius 1 is 0.921 bits per heavy atom. The molecule has 0 bridgehead atoms. The van der Waals surface area contributed by atoms with Crippen LogP contribution in [0.25, 0.3) is 22.5 Å². The second-order valence-electron chi connectivity index (χ2n) is 9.03. The molecule has 1 amide bonds. The number of fused-ring (bicyclic) bond motifs is 1. The van der Waals surface area contributed by atoms with Gasteiger partial charge < -0.3 is 10.1 Å². The SMILES string of the molecule is COC(=O)c1c(NC(=O)C(C)Sc2nnc(-c3ccccc3)c(-c3ccccc3)n2)sc2c1CCCCC2. The van der Waals surface area contributed by atoms with Crippen LogP contribution >= 0.6 is 23.1 Å². The number of hydrogen-bond donors (Lipinski definition) is 1. The molecule has 0 saturated carbocycles. The number of anilines is 1. The zero-order valence-corrected chi connectivity index (χ0v) is 22.9. The molecule has 0 aliphatic heterocycles. The van der Waals surface area contributed by atoms with Crippen LogP contribution in [0.15, 0.2) is 65.8 Å². The van der Waals surface area contributed by atoms with Crippen molar-refractivity contribution in [1.82, 2.24) is 15.2 Å². The number of benzene rings is 2. The first kappa shape index (κ1) is 26.1. The van der Waals surface area contributed by atoms with Gasteiger partial charge in [-0.2, -0.15) is 0 Å². The van der Waals surface area contributed by atoms with E-state index < -0.39 is 11.2 Å². The maximum absolute atomic E-state index is 13.3. The Bertz CT molecular complexity index is 1440. The van der Waals surface area contributed by atoms with Crippen LogP contribution in [0.3, 0.4) is 0 Å². The Morgan fingerprint density at radius 3 is 2.26 bits per heavy atom. The van der Waals surface area contributed by atoms with Crippen LogP contribution in [0.1, 0.15) is 47.0 Å². The van der Waals surface area contributed by atoms with Gasteiger partial charge in [0, 0.05) is 16.0 Å². The number of nitrogens with one attached hydrogen (secondary N) is 1. The molecule has 0 spiro atoms. The highest BCUT2D eigenvalue weighted by molar-refractivity contribution is 8.00. The molecule has 4 aromatic rings. The number of amides is 1. The molecule has 0 saturated heterocycles. The van der Waals surface area contributed by atoms with Crippen molar-refractivity contribution >= 4 is 40.0 Å². The van der Waals surface area contributed by atoms with Gasteiger partial charge in [0.25, 0.3) is 0 Å². The Labute approximate surface area is 230 Å². The maximum Gasteiger partial charge on any atom is 0.341 e. The Balaban J connectivity index is 1.39. The molecule has 2 aromatic carbocycles. The number of carbonyl (C=O) groups is 2. The molecule has 2 aromatic heterocycles. The van der Waals surface area contributed by atoms with E-state index in [0.29, 0.717) is 27.1 Å². The van der Waals surface area contributed by atoms with Crippen molar-refractivity contribution in [2.24, 2.45) is 0 Å². The first-order valence-corrected chi connectivity index (χ1v) is 14.3. The van der Waals surface area contributed by atoms with E-state index in [1.54, 1.807) is 6.92 Å². The number of nitrogens with zero attached hydrogens (tertiary/aromatic N) is 3. The van der Waals surface area contributed by atoms with E-state index >= 15 is 0 Å². The first-order chi connectivity index (χ1) is 18.5. The van der Waals surface area contributed by atoms with Crippen LogP contribution in [-0.4, -0.2) is 39.4 Å². The van der Waals surface area contributed by atoms with Gasteiger partial charge in [-0.05, 0) is 38.2 Å². The van der Waals surface area contributed by atoms with Crippen molar-refractivity contribution in [2.75, 3.05) is 12.4 Å². The third-order valence-corrected chi connectivity index (χ3v) is 8.62. The van der Waals surface area contributed by atoms with E-state index in [2.05, 4.69) is 15.5 Å². The molecule has 194 valence electrons. The lowest BCUT2D eigenvalue weighted by atomic mass is 10.0. The minimum absolute atomic E-state index is 0.228. The van der Waals surface area contributed by atoms with Gasteiger partial charge in [-0.3, -0.25) is 4.79 Å². The Kier molecular flexibility index (Phi) is 8.14. The molecule has 1 N–H and O–H groups in total. The maximum atomic E-state index is 13.3. The van der Waals surface area contributed by atoms with Crippen molar-refractivity contribution in [3.8, 4) is 22.5 Å². The lowest BCUT2D eigenvalue weighted by Crippen LogP contribution is -2.23. The van der Waals surface area contributed by atoms with Gasteiger partial charge in [0.2, 0.25) is 11.1 Å². The summed E-state index contributed by atoms with van der Waals surface area (Å²) in [6.07, 6.45) is 4.99. The van der Waals surface area contributed by atoms with Gasteiger partial charge in [-0.25, -0.2) is 9.78 Å². The van der Waals surface area contributed by atoms with Crippen LogP contribution in [-0.2, 0) is 22.4 Å². The number of methoxy groups -OCH3 is 1. The highest BCUT2D eigenvalue weighted by atomic mass is 32.2. The number of ether oxygens (including phenoxy) is 1. The summed E-state index contributed by atoms with van der Waals surface area (Å²) in [5, 5.41) is 12.3. The number of aromatic nitrogens is 3. The number of thiophene rings is 1. The number of rotatable bonds is 7. The quantitative estimate of drug-likeness (QED) is 0.162. The largest absolute Gasteiger partial charge is 0.465 e. The summed E-state index contributed by atoms with van der Waals surface area (Å²) in [6, 6.07) is 19.6. The minimum Gasteiger partial charge on any atom is -0.465 e. The number of thioether (sulfide) groups is 1. The van der Waals surface area contributed by atoms with Crippen molar-refractivity contribution in [3.05, 3.63) is 76.7 Å². The van der Waals surface area contributed by atoms with E-state index in [9.17, 15) is 9.59 Å². The summed E-state index contributed by atoms with van der Waals surface area (Å²) in [6.45, 7) is 1.80. The second-order valence-corrected chi connectivity index (χ2v) is 11.4. The summed E-state index contributed by atoms with van der Waals surface area (Å²) in [4.78, 5) is 31.9. The molecule has 1 atom stereocenters. The van der Waals surface area contributed by atoms with Crippen molar-refractivity contribution in [1.29, 1.82) is 0 Å². The second kappa shape index (κ2) is 11.9. The van der Waals surface area contributed by atoms with Crippen LogP contribution in [0.2, 0.25) is 0 Å². The fraction of sp³-hybridized carbons (Fsp3) is 0.276. The lowest BCUT2D eigenvalue weighted by Gasteiger charge is -2.13. The fourth-order valence-corrected chi connectivity index (χ4v) is 6.52. The van der Waals surface area contributed by atoms with E-state index in [0.717, 1.165) is 53.7 Å². The Morgan fingerprint density at radius 2 is 1.58 bits per heavy atom. The summed E-state index contributed by atoms with van der Waals surface area (Å²) < 4.78 is 5.07. The highest BCUT2D eigenvalue weighted by Gasteiger charge is 2.28. The average molecular weight is 545 g/mol. The van der Waals surface area contributed by atoms with Gasteiger partial charge in [0.1, 0.15) is 16.4 Å². The molecular weight excluding hydrogens is 516 g/mol.